The number of aromatic nitrogens is 1. The van der Waals surface area contributed by atoms with Crippen molar-refractivity contribution in [3.8, 4) is 0 Å². The van der Waals surface area contributed by atoms with Crippen LogP contribution in [0.2, 0.25) is 0 Å². The highest BCUT2D eigenvalue weighted by atomic mass is 79.9. The molecule has 0 atom stereocenters. The minimum Gasteiger partial charge on any atom is -0.364 e. The Balaban J connectivity index is 1.92. The van der Waals surface area contributed by atoms with Gasteiger partial charge >= 0.3 is 0 Å². The summed E-state index contributed by atoms with van der Waals surface area (Å²) in [6.45, 7) is 1.38. The topological polar surface area (TPSA) is 27.8 Å². The van der Waals surface area contributed by atoms with Gasteiger partial charge in [-0.1, -0.05) is 15.9 Å². The van der Waals surface area contributed by atoms with E-state index in [0.29, 0.717) is 6.54 Å². The Labute approximate surface area is 102 Å². The van der Waals surface area contributed by atoms with Gasteiger partial charge in [-0.3, -0.25) is 0 Å². The molecule has 0 aliphatic rings. The van der Waals surface area contributed by atoms with Crippen molar-refractivity contribution in [2.75, 3.05) is 0 Å². The van der Waals surface area contributed by atoms with Gasteiger partial charge in [-0.25, -0.2) is 4.39 Å². The second kappa shape index (κ2) is 5.27. The van der Waals surface area contributed by atoms with Gasteiger partial charge in [0.25, 0.3) is 0 Å². The average Bonchev–Trinajstić information content (AvgIpc) is 2.76. The summed E-state index contributed by atoms with van der Waals surface area (Å²) >= 11 is 3.39. The van der Waals surface area contributed by atoms with E-state index in [1.54, 1.807) is 6.07 Å². The molecule has 1 aromatic heterocycles. The van der Waals surface area contributed by atoms with Crippen LogP contribution in [0.3, 0.4) is 0 Å². The first-order valence-electron chi connectivity index (χ1n) is 5.02. The Kier molecular flexibility index (Phi) is 3.74. The summed E-state index contributed by atoms with van der Waals surface area (Å²) in [6, 6.07) is 8.66. The first-order valence-corrected chi connectivity index (χ1v) is 5.82. The first-order chi connectivity index (χ1) is 7.75. The summed E-state index contributed by atoms with van der Waals surface area (Å²) in [7, 11) is 0. The van der Waals surface area contributed by atoms with Crippen molar-refractivity contribution in [3.05, 3.63) is 58.1 Å². The number of rotatable bonds is 4. The zero-order chi connectivity index (χ0) is 11.4. The molecule has 0 spiro atoms. The lowest BCUT2D eigenvalue weighted by Crippen LogP contribution is -2.13. The van der Waals surface area contributed by atoms with Gasteiger partial charge in [-0.15, -0.1) is 0 Å². The van der Waals surface area contributed by atoms with Gasteiger partial charge in [0.2, 0.25) is 0 Å². The van der Waals surface area contributed by atoms with Crippen LogP contribution in [0.5, 0.6) is 0 Å². The Morgan fingerprint density at radius 2 is 2.12 bits per heavy atom. The second-order valence-electron chi connectivity index (χ2n) is 3.53. The van der Waals surface area contributed by atoms with Crippen molar-refractivity contribution in [2.24, 2.45) is 0 Å². The Hall–Kier alpha value is -1.13. The van der Waals surface area contributed by atoms with E-state index < -0.39 is 0 Å². The van der Waals surface area contributed by atoms with Gasteiger partial charge < -0.3 is 10.3 Å². The lowest BCUT2D eigenvalue weighted by Gasteiger charge is -2.06. The van der Waals surface area contributed by atoms with Crippen molar-refractivity contribution >= 4 is 15.9 Å². The molecule has 0 bridgehead atoms. The van der Waals surface area contributed by atoms with E-state index in [4.69, 9.17) is 0 Å². The van der Waals surface area contributed by atoms with Gasteiger partial charge in [0.1, 0.15) is 5.82 Å². The summed E-state index contributed by atoms with van der Waals surface area (Å²) in [5.41, 5.74) is 2.04. The molecule has 4 heteroatoms. The van der Waals surface area contributed by atoms with E-state index >= 15 is 0 Å². The highest BCUT2D eigenvalue weighted by molar-refractivity contribution is 9.10. The molecule has 0 saturated heterocycles. The first kappa shape index (κ1) is 11.4. The number of aromatic amines is 1. The Bertz CT molecular complexity index is 454. The van der Waals surface area contributed by atoms with E-state index in [1.165, 1.54) is 12.1 Å². The molecule has 16 heavy (non-hydrogen) atoms. The zero-order valence-corrected chi connectivity index (χ0v) is 10.2. The lowest BCUT2D eigenvalue weighted by atomic mass is 10.2. The molecule has 0 amide bonds. The smallest absolute Gasteiger partial charge is 0.123 e. The molecule has 2 rings (SSSR count). The van der Waals surface area contributed by atoms with Crippen molar-refractivity contribution in [3.63, 3.8) is 0 Å². The van der Waals surface area contributed by atoms with Gasteiger partial charge in [-0.05, 0) is 35.9 Å². The molecule has 0 fully saturated rings. The third-order valence-corrected chi connectivity index (χ3v) is 3.07. The van der Waals surface area contributed by atoms with E-state index in [9.17, 15) is 4.39 Å². The SMILES string of the molecule is Fc1ccc(Br)c(CNCc2ccc[nH]2)c1. The molecular formula is C12H12BrFN2. The van der Waals surface area contributed by atoms with Crippen LogP contribution >= 0.6 is 15.9 Å². The molecule has 0 aliphatic carbocycles. The van der Waals surface area contributed by atoms with Crippen LogP contribution in [-0.4, -0.2) is 4.98 Å². The fraction of sp³-hybridized carbons (Fsp3) is 0.167. The highest BCUT2D eigenvalue weighted by Crippen LogP contribution is 2.17. The molecule has 0 radical (unpaired) electrons. The maximum atomic E-state index is 13.0. The van der Waals surface area contributed by atoms with Crippen LogP contribution in [0.4, 0.5) is 4.39 Å². The Morgan fingerprint density at radius 1 is 1.25 bits per heavy atom. The molecule has 0 aliphatic heterocycles. The molecule has 2 aromatic rings. The molecule has 2 N–H and O–H groups in total. The van der Waals surface area contributed by atoms with E-state index in [0.717, 1.165) is 22.3 Å². The van der Waals surface area contributed by atoms with Gasteiger partial charge in [0, 0.05) is 29.5 Å². The summed E-state index contributed by atoms with van der Waals surface area (Å²) in [5.74, 6) is -0.208. The van der Waals surface area contributed by atoms with Gasteiger partial charge in [0.15, 0.2) is 0 Å². The second-order valence-corrected chi connectivity index (χ2v) is 4.39. The predicted octanol–water partition coefficient (Wildman–Crippen LogP) is 3.21. The molecule has 0 saturated carbocycles. The van der Waals surface area contributed by atoms with Crippen LogP contribution in [0, 0.1) is 5.82 Å². The van der Waals surface area contributed by atoms with Crippen molar-refractivity contribution in [1.29, 1.82) is 0 Å². The van der Waals surface area contributed by atoms with Crippen LogP contribution in [-0.2, 0) is 13.1 Å². The maximum absolute atomic E-state index is 13.0. The summed E-state index contributed by atoms with van der Waals surface area (Å²) < 4.78 is 13.9. The Morgan fingerprint density at radius 3 is 2.88 bits per heavy atom. The quantitative estimate of drug-likeness (QED) is 0.886. The minimum atomic E-state index is -0.208. The largest absolute Gasteiger partial charge is 0.364 e. The number of benzene rings is 1. The van der Waals surface area contributed by atoms with Crippen molar-refractivity contribution in [2.45, 2.75) is 13.1 Å². The van der Waals surface area contributed by atoms with Crippen LogP contribution in [0.25, 0.3) is 0 Å². The van der Waals surface area contributed by atoms with Crippen LogP contribution in [0.1, 0.15) is 11.3 Å². The third-order valence-electron chi connectivity index (χ3n) is 2.30. The monoisotopic (exact) mass is 282 g/mol. The molecular weight excluding hydrogens is 271 g/mol. The number of nitrogens with one attached hydrogen (secondary N) is 2. The van der Waals surface area contributed by atoms with E-state index in [1.807, 2.05) is 18.3 Å². The van der Waals surface area contributed by atoms with Crippen LogP contribution in [0.15, 0.2) is 41.0 Å². The zero-order valence-electron chi connectivity index (χ0n) is 8.63. The minimum absolute atomic E-state index is 0.208. The third kappa shape index (κ3) is 2.93. The number of H-pyrrole nitrogens is 1. The molecule has 1 aromatic carbocycles. The molecule has 2 nitrogen and oxygen atoms in total. The normalized spacial score (nSPS) is 10.6. The van der Waals surface area contributed by atoms with Crippen LogP contribution < -0.4 is 5.32 Å². The van der Waals surface area contributed by atoms with Gasteiger partial charge in [-0.2, -0.15) is 0 Å². The van der Waals surface area contributed by atoms with Crippen molar-refractivity contribution in [1.82, 2.24) is 10.3 Å². The number of hydrogen-bond acceptors (Lipinski definition) is 1. The number of halogens is 2. The maximum Gasteiger partial charge on any atom is 0.123 e. The summed E-state index contributed by atoms with van der Waals surface area (Å²) in [5, 5.41) is 3.24. The molecule has 84 valence electrons. The fourth-order valence-electron chi connectivity index (χ4n) is 1.49. The van der Waals surface area contributed by atoms with Gasteiger partial charge in [0.05, 0.1) is 0 Å². The molecule has 1 heterocycles. The van der Waals surface area contributed by atoms with Crippen molar-refractivity contribution < 1.29 is 4.39 Å². The summed E-state index contributed by atoms with van der Waals surface area (Å²) in [6.07, 6.45) is 1.88. The fourth-order valence-corrected chi connectivity index (χ4v) is 1.87. The van der Waals surface area contributed by atoms with E-state index in [-0.39, 0.29) is 5.82 Å². The van der Waals surface area contributed by atoms with E-state index in [2.05, 4.69) is 26.2 Å². The number of hydrogen-bond donors (Lipinski definition) is 2. The average molecular weight is 283 g/mol. The molecule has 0 unspecified atom stereocenters. The predicted molar refractivity (Wildman–Crippen MR) is 65.4 cm³/mol. The standard InChI is InChI=1S/C12H12BrFN2/c13-12-4-3-10(14)6-9(12)7-15-8-11-2-1-5-16-11/h1-6,15-16H,7-8H2. The summed E-state index contributed by atoms with van der Waals surface area (Å²) in [4.78, 5) is 3.10. The lowest BCUT2D eigenvalue weighted by molar-refractivity contribution is 0.618. The highest BCUT2D eigenvalue weighted by Gasteiger charge is 2.01.